The summed E-state index contributed by atoms with van der Waals surface area (Å²) in [6.07, 6.45) is 0.959. The molecule has 0 aliphatic carbocycles. The quantitative estimate of drug-likeness (QED) is 0.828. The van der Waals surface area contributed by atoms with E-state index < -0.39 is 11.7 Å². The number of rotatable bonds is 5. The van der Waals surface area contributed by atoms with Crippen molar-refractivity contribution in [3.63, 3.8) is 0 Å². The van der Waals surface area contributed by atoms with Gasteiger partial charge in [0.1, 0.15) is 5.82 Å². The Kier molecular flexibility index (Phi) is 4.49. The molecule has 0 aliphatic heterocycles. The second-order valence-electron chi connectivity index (χ2n) is 4.46. The van der Waals surface area contributed by atoms with E-state index in [-0.39, 0.29) is 5.56 Å². The molecule has 17 heavy (non-hydrogen) atoms. The van der Waals surface area contributed by atoms with E-state index in [0.29, 0.717) is 12.0 Å². The molecule has 0 bridgehead atoms. The zero-order valence-electron chi connectivity index (χ0n) is 10.5. The first-order valence-corrected chi connectivity index (χ1v) is 5.81. The first-order valence-electron chi connectivity index (χ1n) is 5.81. The molecule has 0 saturated carbocycles. The number of hydrogen-bond donors (Lipinski definition) is 2. The van der Waals surface area contributed by atoms with E-state index in [1.807, 2.05) is 0 Å². The third-order valence-electron chi connectivity index (χ3n) is 2.83. The van der Waals surface area contributed by atoms with Gasteiger partial charge in [-0.3, -0.25) is 4.79 Å². The Bertz CT molecular complexity index is 404. The molecule has 0 aliphatic rings. The Morgan fingerprint density at radius 2 is 2.12 bits per heavy atom. The van der Waals surface area contributed by atoms with Crippen molar-refractivity contribution < 1.29 is 9.18 Å². The minimum atomic E-state index is -0.747. The fourth-order valence-electron chi connectivity index (χ4n) is 1.76. The number of nitrogens with one attached hydrogen (secondary N) is 1. The van der Waals surface area contributed by atoms with Crippen LogP contribution in [0.15, 0.2) is 18.2 Å². The molecular formula is C13H19FN2O. The van der Waals surface area contributed by atoms with Crippen molar-refractivity contribution in [2.24, 2.45) is 11.7 Å². The summed E-state index contributed by atoms with van der Waals surface area (Å²) in [5, 5.41) is 3.28. The maximum absolute atomic E-state index is 13.3. The molecule has 0 heterocycles. The first-order chi connectivity index (χ1) is 7.95. The van der Waals surface area contributed by atoms with Gasteiger partial charge in [0.25, 0.3) is 5.91 Å². The van der Waals surface area contributed by atoms with E-state index in [9.17, 15) is 9.18 Å². The highest BCUT2D eigenvalue weighted by atomic mass is 19.1. The summed E-state index contributed by atoms with van der Waals surface area (Å²) in [5.41, 5.74) is 5.75. The normalized spacial score (nSPS) is 12.5. The highest BCUT2D eigenvalue weighted by Crippen LogP contribution is 2.18. The molecule has 4 heteroatoms. The molecule has 1 atom stereocenters. The predicted octanol–water partition coefficient (Wildman–Crippen LogP) is 2.77. The maximum Gasteiger partial charge on any atom is 0.251 e. The van der Waals surface area contributed by atoms with Crippen molar-refractivity contribution in [2.45, 2.75) is 33.2 Å². The fraction of sp³-hybridized carbons (Fsp3) is 0.462. The molecule has 1 rings (SSSR count). The largest absolute Gasteiger partial charge is 0.382 e. The van der Waals surface area contributed by atoms with Crippen LogP contribution in [-0.4, -0.2) is 11.9 Å². The van der Waals surface area contributed by atoms with Crippen molar-refractivity contribution in [3.8, 4) is 0 Å². The Hall–Kier alpha value is -1.58. The Balaban J connectivity index is 2.92. The number of halogens is 1. The average Bonchev–Trinajstić information content (AvgIpc) is 2.27. The van der Waals surface area contributed by atoms with Crippen LogP contribution < -0.4 is 11.1 Å². The summed E-state index contributed by atoms with van der Waals surface area (Å²) < 4.78 is 13.3. The lowest BCUT2D eigenvalue weighted by atomic mass is 10.0. The maximum atomic E-state index is 13.3. The summed E-state index contributed by atoms with van der Waals surface area (Å²) in [7, 11) is 0. The van der Waals surface area contributed by atoms with E-state index in [0.717, 1.165) is 12.1 Å². The Labute approximate surface area is 101 Å². The van der Waals surface area contributed by atoms with Gasteiger partial charge >= 0.3 is 0 Å². The second-order valence-corrected chi connectivity index (χ2v) is 4.46. The molecule has 1 unspecified atom stereocenters. The predicted molar refractivity (Wildman–Crippen MR) is 67.5 cm³/mol. The summed E-state index contributed by atoms with van der Waals surface area (Å²) in [5.74, 6) is -0.869. The van der Waals surface area contributed by atoms with Crippen LogP contribution in [-0.2, 0) is 0 Å². The second kappa shape index (κ2) is 5.66. The zero-order chi connectivity index (χ0) is 13.0. The monoisotopic (exact) mass is 238 g/mol. The molecule has 94 valence electrons. The number of nitrogens with two attached hydrogens (primary N) is 1. The average molecular weight is 238 g/mol. The third-order valence-corrected chi connectivity index (χ3v) is 2.83. The van der Waals surface area contributed by atoms with E-state index in [2.05, 4.69) is 26.1 Å². The van der Waals surface area contributed by atoms with Crippen LogP contribution in [0.4, 0.5) is 10.1 Å². The third kappa shape index (κ3) is 3.44. The number of amides is 1. The van der Waals surface area contributed by atoms with Gasteiger partial charge in [0, 0.05) is 11.7 Å². The van der Waals surface area contributed by atoms with Crippen LogP contribution in [0.25, 0.3) is 0 Å². The Morgan fingerprint density at radius 3 is 2.59 bits per heavy atom. The van der Waals surface area contributed by atoms with Gasteiger partial charge in [-0.05, 0) is 30.5 Å². The number of carbonyl (C=O) groups is 1. The van der Waals surface area contributed by atoms with E-state index in [4.69, 9.17) is 5.73 Å². The van der Waals surface area contributed by atoms with Crippen LogP contribution in [0.1, 0.15) is 37.6 Å². The molecule has 0 saturated heterocycles. The van der Waals surface area contributed by atoms with Crippen molar-refractivity contribution in [1.29, 1.82) is 0 Å². The van der Waals surface area contributed by atoms with Crippen molar-refractivity contribution in [2.75, 3.05) is 5.32 Å². The minimum Gasteiger partial charge on any atom is -0.382 e. The van der Waals surface area contributed by atoms with Gasteiger partial charge in [-0.25, -0.2) is 4.39 Å². The fourth-order valence-corrected chi connectivity index (χ4v) is 1.76. The summed E-state index contributed by atoms with van der Waals surface area (Å²) >= 11 is 0. The van der Waals surface area contributed by atoms with Gasteiger partial charge in [0.15, 0.2) is 0 Å². The SMILES string of the molecule is CCC(Nc1ccc(F)c(C(N)=O)c1)C(C)C. The van der Waals surface area contributed by atoms with E-state index >= 15 is 0 Å². The summed E-state index contributed by atoms with van der Waals surface area (Å²) in [4.78, 5) is 11.0. The number of primary amides is 1. The number of hydrogen-bond acceptors (Lipinski definition) is 2. The van der Waals surface area contributed by atoms with Gasteiger partial charge in [-0.2, -0.15) is 0 Å². The van der Waals surface area contributed by atoms with E-state index in [1.165, 1.54) is 12.1 Å². The number of carbonyl (C=O) groups excluding carboxylic acids is 1. The van der Waals surface area contributed by atoms with Crippen molar-refractivity contribution in [1.82, 2.24) is 0 Å². The molecule has 0 aromatic heterocycles. The van der Waals surface area contributed by atoms with Gasteiger partial charge in [0.2, 0.25) is 0 Å². The van der Waals surface area contributed by atoms with Crippen LogP contribution in [0.2, 0.25) is 0 Å². The lowest BCUT2D eigenvalue weighted by Crippen LogP contribution is -2.25. The molecule has 0 radical (unpaired) electrons. The highest BCUT2D eigenvalue weighted by Gasteiger charge is 2.13. The lowest BCUT2D eigenvalue weighted by molar-refractivity contribution is 0.0996. The van der Waals surface area contributed by atoms with Gasteiger partial charge in [0.05, 0.1) is 5.56 Å². The molecule has 1 aromatic rings. The first kappa shape index (κ1) is 13.5. The number of benzene rings is 1. The van der Waals surface area contributed by atoms with Crippen LogP contribution >= 0.6 is 0 Å². The van der Waals surface area contributed by atoms with Crippen molar-refractivity contribution >= 4 is 11.6 Å². The molecule has 1 aromatic carbocycles. The van der Waals surface area contributed by atoms with Crippen LogP contribution in [0.5, 0.6) is 0 Å². The smallest absolute Gasteiger partial charge is 0.251 e. The van der Waals surface area contributed by atoms with Gasteiger partial charge in [-0.15, -0.1) is 0 Å². The molecule has 3 N–H and O–H groups in total. The molecular weight excluding hydrogens is 219 g/mol. The molecule has 0 fully saturated rings. The topological polar surface area (TPSA) is 55.1 Å². The molecule has 3 nitrogen and oxygen atoms in total. The summed E-state index contributed by atoms with van der Waals surface area (Å²) in [6.45, 7) is 6.30. The minimum absolute atomic E-state index is 0.0754. The van der Waals surface area contributed by atoms with Gasteiger partial charge < -0.3 is 11.1 Å². The molecule has 0 spiro atoms. The molecule has 1 amide bonds. The Morgan fingerprint density at radius 1 is 1.47 bits per heavy atom. The van der Waals surface area contributed by atoms with Crippen molar-refractivity contribution in [3.05, 3.63) is 29.6 Å². The highest BCUT2D eigenvalue weighted by molar-refractivity contribution is 5.94. The van der Waals surface area contributed by atoms with Gasteiger partial charge in [-0.1, -0.05) is 20.8 Å². The zero-order valence-corrected chi connectivity index (χ0v) is 10.5. The lowest BCUT2D eigenvalue weighted by Gasteiger charge is -2.22. The van der Waals surface area contributed by atoms with Crippen LogP contribution in [0.3, 0.4) is 0 Å². The standard InChI is InChI=1S/C13H19FN2O/c1-4-12(8(2)3)16-9-5-6-11(14)10(7-9)13(15)17/h5-8,12,16H,4H2,1-3H3,(H2,15,17). The van der Waals surface area contributed by atoms with E-state index in [1.54, 1.807) is 6.07 Å². The van der Waals surface area contributed by atoms with Crippen LogP contribution in [0, 0.1) is 11.7 Å². The number of anilines is 1. The summed E-state index contributed by atoms with van der Waals surface area (Å²) in [6, 6.07) is 4.63.